The van der Waals surface area contributed by atoms with Crippen molar-refractivity contribution in [2.24, 2.45) is 0 Å². The summed E-state index contributed by atoms with van der Waals surface area (Å²) in [6, 6.07) is 0. The summed E-state index contributed by atoms with van der Waals surface area (Å²) in [5.41, 5.74) is 1.76. The highest BCUT2D eigenvalue weighted by Crippen LogP contribution is 2.30. The number of benzene rings is 2. The molecule has 0 bridgehead atoms. The summed E-state index contributed by atoms with van der Waals surface area (Å²) in [6.45, 7) is 0. The molecule has 2 aromatic heterocycles. The van der Waals surface area contributed by atoms with E-state index in [1.54, 1.807) is 90.4 Å². The fraction of sp³-hybridized carbons (Fsp3) is 0. The molecule has 0 fully saturated rings. The minimum absolute atomic E-state index is 0.194. The van der Waals surface area contributed by atoms with Crippen LogP contribution in [0.1, 0.15) is 0 Å². The summed E-state index contributed by atoms with van der Waals surface area (Å²) in [5.74, 6) is -3.37. The lowest BCUT2D eigenvalue weighted by Gasteiger charge is -1.99. The van der Waals surface area contributed by atoms with E-state index in [9.17, 15) is 17.6 Å². The molecule has 0 aliphatic rings. The van der Waals surface area contributed by atoms with Crippen molar-refractivity contribution in [1.82, 2.24) is 17.5 Å². The number of aromatic nitrogens is 4. The maximum Gasteiger partial charge on any atom is 0.175 e. The largest absolute Gasteiger partial charge is 0.202 e. The third kappa shape index (κ3) is 3.77. The first-order valence-corrected chi connectivity index (χ1v) is 11.9. The Hall–Kier alpha value is 0.720. The third-order valence-electron chi connectivity index (χ3n) is 2.96. The molecular formula is C12F4I4N4S2. The minimum atomic E-state index is -0.842. The first-order valence-electron chi connectivity index (χ1n) is 6.14. The Morgan fingerprint density at radius 2 is 0.654 bits per heavy atom. The molecule has 0 aliphatic heterocycles. The third-order valence-corrected chi connectivity index (χ3v) is 7.96. The van der Waals surface area contributed by atoms with Crippen LogP contribution in [0.3, 0.4) is 0 Å². The topological polar surface area (TPSA) is 51.6 Å². The van der Waals surface area contributed by atoms with Gasteiger partial charge in [0, 0.05) is 0 Å². The summed E-state index contributed by atoms with van der Waals surface area (Å²) in [5, 5.41) is 0. The predicted octanol–water partition coefficient (Wildman–Crippen LogP) is 6.36. The summed E-state index contributed by atoms with van der Waals surface area (Å²) >= 11 is 8.82. The van der Waals surface area contributed by atoms with E-state index in [-0.39, 0.29) is 14.3 Å². The second-order valence-corrected chi connectivity index (χ2v) is 9.81. The quantitative estimate of drug-likeness (QED) is 0.0897. The normalized spacial score (nSPS) is 11.1. The van der Waals surface area contributed by atoms with E-state index in [2.05, 4.69) is 17.5 Å². The van der Waals surface area contributed by atoms with Gasteiger partial charge in [0.25, 0.3) is 0 Å². The van der Waals surface area contributed by atoms with Gasteiger partial charge in [-0.25, -0.2) is 17.6 Å². The van der Waals surface area contributed by atoms with Crippen LogP contribution in [0.25, 0.3) is 22.1 Å². The molecule has 0 radical (unpaired) electrons. The maximum atomic E-state index is 13.1. The fourth-order valence-electron chi connectivity index (χ4n) is 1.75. The first kappa shape index (κ1) is 21.4. The molecule has 0 saturated carbocycles. The van der Waals surface area contributed by atoms with E-state index in [4.69, 9.17) is 0 Å². The summed E-state index contributed by atoms with van der Waals surface area (Å²) in [6.07, 6.45) is 0. The highest BCUT2D eigenvalue weighted by molar-refractivity contribution is 14.1. The van der Waals surface area contributed by atoms with Gasteiger partial charge in [-0.15, -0.1) is 0 Å². The monoisotopic (exact) mass is 848 g/mol. The van der Waals surface area contributed by atoms with Crippen LogP contribution in [0.15, 0.2) is 0 Å². The molecule has 2 heterocycles. The molecule has 0 aliphatic carbocycles. The van der Waals surface area contributed by atoms with Crippen molar-refractivity contribution >= 4 is 136 Å². The maximum absolute atomic E-state index is 13.1. The van der Waals surface area contributed by atoms with E-state index in [1.165, 1.54) is 0 Å². The van der Waals surface area contributed by atoms with Crippen LogP contribution >= 0.6 is 114 Å². The molecule has 4 nitrogen and oxygen atoms in total. The molecule has 2 aromatic carbocycles. The van der Waals surface area contributed by atoms with Gasteiger partial charge in [-0.2, -0.15) is 17.5 Å². The zero-order valence-corrected chi connectivity index (χ0v) is 21.9. The van der Waals surface area contributed by atoms with Crippen LogP contribution in [-0.2, 0) is 0 Å². The number of hydrogen-bond donors (Lipinski definition) is 0. The van der Waals surface area contributed by atoms with Crippen LogP contribution < -0.4 is 0 Å². The predicted molar refractivity (Wildman–Crippen MR) is 126 cm³/mol. The van der Waals surface area contributed by atoms with E-state index < -0.39 is 23.3 Å². The van der Waals surface area contributed by atoms with Gasteiger partial charge in [0.1, 0.15) is 22.1 Å². The SMILES string of the molecule is Fc1c(F)c(I)c2nsnc2c1I.Fc1c(F)c(I)c2nsnc2c1I. The standard InChI is InChI=1S/2C6F2I2N2S/c2*7-1-2(8)4(10)6-5(3(1)9)11-13-12-6. The van der Waals surface area contributed by atoms with Crippen molar-refractivity contribution < 1.29 is 17.6 Å². The summed E-state index contributed by atoms with van der Waals surface area (Å²) in [4.78, 5) is 0. The molecule has 136 valence electrons. The molecule has 0 spiro atoms. The van der Waals surface area contributed by atoms with Gasteiger partial charge in [-0.05, 0) is 90.4 Å². The van der Waals surface area contributed by atoms with Gasteiger partial charge in [0.15, 0.2) is 23.3 Å². The van der Waals surface area contributed by atoms with Crippen molar-refractivity contribution in [3.05, 3.63) is 37.5 Å². The molecular weight excluding hydrogens is 848 g/mol. The smallest absolute Gasteiger partial charge is 0.175 e. The van der Waals surface area contributed by atoms with Gasteiger partial charge < -0.3 is 0 Å². The highest BCUT2D eigenvalue weighted by atomic mass is 127. The van der Waals surface area contributed by atoms with Crippen molar-refractivity contribution in [1.29, 1.82) is 0 Å². The van der Waals surface area contributed by atoms with Crippen LogP contribution in [-0.4, -0.2) is 17.5 Å². The molecule has 0 amide bonds. The van der Waals surface area contributed by atoms with Crippen molar-refractivity contribution in [3.8, 4) is 0 Å². The zero-order valence-electron chi connectivity index (χ0n) is 11.6. The Morgan fingerprint density at radius 3 is 0.846 bits per heavy atom. The fourth-order valence-corrected chi connectivity index (χ4v) is 5.98. The average Bonchev–Trinajstić information content (AvgIpc) is 3.31. The Balaban J connectivity index is 0.000000151. The molecule has 0 saturated heterocycles. The van der Waals surface area contributed by atoms with Crippen LogP contribution in [0.2, 0.25) is 0 Å². The summed E-state index contributed by atoms with van der Waals surface area (Å²) in [7, 11) is 0. The number of halogens is 8. The van der Waals surface area contributed by atoms with Gasteiger partial charge in [-0.1, -0.05) is 0 Å². The van der Waals surface area contributed by atoms with E-state index in [1.807, 2.05) is 0 Å². The Bertz CT molecular complexity index is 976. The lowest BCUT2D eigenvalue weighted by atomic mass is 10.3. The molecule has 0 N–H and O–H groups in total. The van der Waals surface area contributed by atoms with Gasteiger partial charge in [0.2, 0.25) is 0 Å². The van der Waals surface area contributed by atoms with Crippen LogP contribution in [0.5, 0.6) is 0 Å². The van der Waals surface area contributed by atoms with Crippen LogP contribution in [0, 0.1) is 37.5 Å². The molecule has 0 unspecified atom stereocenters. The van der Waals surface area contributed by atoms with Crippen molar-refractivity contribution in [3.63, 3.8) is 0 Å². The van der Waals surface area contributed by atoms with E-state index in [0.29, 0.717) is 22.1 Å². The second kappa shape index (κ2) is 8.61. The van der Waals surface area contributed by atoms with Crippen LogP contribution in [0.4, 0.5) is 17.6 Å². The molecule has 4 aromatic rings. The lowest BCUT2D eigenvalue weighted by molar-refractivity contribution is 0.501. The van der Waals surface area contributed by atoms with Gasteiger partial charge >= 0.3 is 0 Å². The van der Waals surface area contributed by atoms with Crippen molar-refractivity contribution in [2.75, 3.05) is 0 Å². The minimum Gasteiger partial charge on any atom is -0.202 e. The van der Waals surface area contributed by atoms with Gasteiger partial charge in [-0.3, -0.25) is 0 Å². The van der Waals surface area contributed by atoms with Gasteiger partial charge in [0.05, 0.1) is 37.7 Å². The average molecular weight is 848 g/mol. The number of hydrogen-bond acceptors (Lipinski definition) is 6. The second-order valence-electron chi connectivity index (χ2n) is 4.43. The highest BCUT2D eigenvalue weighted by Gasteiger charge is 2.20. The molecule has 0 atom stereocenters. The molecule has 14 heteroatoms. The Labute approximate surface area is 205 Å². The summed E-state index contributed by atoms with van der Waals surface area (Å²) < 4.78 is 68.9. The number of fused-ring (bicyclic) bond motifs is 2. The Kier molecular flexibility index (Phi) is 7.10. The van der Waals surface area contributed by atoms with E-state index >= 15 is 0 Å². The first-order chi connectivity index (χ1) is 12.3. The number of nitrogens with zero attached hydrogens (tertiary/aromatic N) is 4. The lowest BCUT2D eigenvalue weighted by Crippen LogP contribution is -1.95. The molecule has 26 heavy (non-hydrogen) atoms. The number of rotatable bonds is 0. The zero-order chi connectivity index (χ0) is 19.2. The Morgan fingerprint density at radius 1 is 0.462 bits per heavy atom. The van der Waals surface area contributed by atoms with E-state index in [0.717, 1.165) is 23.5 Å². The van der Waals surface area contributed by atoms with Crippen molar-refractivity contribution in [2.45, 2.75) is 0 Å². The molecule has 4 rings (SSSR count).